The highest BCUT2D eigenvalue weighted by Crippen LogP contribution is 2.29. The minimum absolute atomic E-state index is 0.193. The molecule has 0 saturated heterocycles. The zero-order valence-corrected chi connectivity index (χ0v) is 23.0. The Morgan fingerprint density at radius 1 is 1.00 bits per heavy atom. The Bertz CT molecular complexity index is 1170. The van der Waals surface area contributed by atoms with Crippen molar-refractivity contribution in [3.05, 3.63) is 51.2 Å². The molecular formula is C27H34N2O7S. The lowest BCUT2D eigenvalue weighted by molar-refractivity contribution is -0.157. The number of thiophene rings is 1. The van der Waals surface area contributed by atoms with Crippen LogP contribution in [0.1, 0.15) is 72.0 Å². The third-order valence-electron chi connectivity index (χ3n) is 5.08. The molecule has 0 fully saturated rings. The number of nitrogens with zero attached hydrogens (tertiary/aromatic N) is 1. The summed E-state index contributed by atoms with van der Waals surface area (Å²) in [5.41, 5.74) is 0.0669. The number of carbonyl (C=O) groups is 4. The Hall–Kier alpha value is -3.40. The maximum absolute atomic E-state index is 12.7. The zero-order chi connectivity index (χ0) is 27.4. The molecule has 1 aliphatic heterocycles. The number of ether oxygens (including phenoxy) is 3. The number of rotatable bonds is 7. The first-order chi connectivity index (χ1) is 17.2. The van der Waals surface area contributed by atoms with Crippen LogP contribution in [0.15, 0.2) is 30.3 Å². The average molecular weight is 531 g/mol. The highest BCUT2D eigenvalue weighted by Gasteiger charge is 2.28. The number of amides is 2. The predicted octanol–water partition coefficient (Wildman–Crippen LogP) is 4.37. The molecule has 0 aliphatic carbocycles. The van der Waals surface area contributed by atoms with Gasteiger partial charge in [-0.1, -0.05) is 12.1 Å². The first-order valence-electron chi connectivity index (χ1n) is 12.1. The van der Waals surface area contributed by atoms with E-state index in [9.17, 15) is 19.2 Å². The van der Waals surface area contributed by atoms with Gasteiger partial charge in [0.25, 0.3) is 5.91 Å². The first-order valence-corrected chi connectivity index (χ1v) is 12.9. The molecule has 0 bridgehead atoms. The molecular weight excluding hydrogens is 496 g/mol. The molecule has 0 spiro atoms. The predicted molar refractivity (Wildman–Crippen MR) is 139 cm³/mol. The fraction of sp³-hybridized carbons (Fsp3) is 0.481. The van der Waals surface area contributed by atoms with Crippen molar-refractivity contribution < 1.29 is 33.4 Å². The number of carbonyl (C=O) groups excluding carboxylic acids is 4. The molecule has 2 heterocycles. The van der Waals surface area contributed by atoms with Crippen LogP contribution in [0, 0.1) is 0 Å². The molecule has 37 heavy (non-hydrogen) atoms. The number of Topliss-reactive ketones (excluding diaryl/α,β-unsaturated/α-hetero) is 1. The summed E-state index contributed by atoms with van der Waals surface area (Å²) in [5, 5.41) is 2.67. The van der Waals surface area contributed by atoms with E-state index in [-0.39, 0.29) is 30.9 Å². The number of benzene rings is 1. The van der Waals surface area contributed by atoms with Gasteiger partial charge in [-0.05, 0) is 71.7 Å². The van der Waals surface area contributed by atoms with Gasteiger partial charge >= 0.3 is 12.1 Å². The second kappa shape index (κ2) is 11.3. The van der Waals surface area contributed by atoms with Crippen LogP contribution in [0.5, 0.6) is 5.75 Å². The highest BCUT2D eigenvalue weighted by molar-refractivity contribution is 7.14. The van der Waals surface area contributed by atoms with Crippen LogP contribution in [-0.4, -0.2) is 59.6 Å². The average Bonchev–Trinajstić information content (AvgIpc) is 3.22. The molecule has 2 aromatic rings. The summed E-state index contributed by atoms with van der Waals surface area (Å²) in [6.45, 7) is 11.2. The Kier molecular flexibility index (Phi) is 8.63. The number of ketones is 1. The van der Waals surface area contributed by atoms with Crippen LogP contribution in [0.2, 0.25) is 0 Å². The van der Waals surface area contributed by atoms with Crippen LogP contribution in [0.25, 0.3) is 0 Å². The third-order valence-corrected chi connectivity index (χ3v) is 6.32. The number of nitrogens with one attached hydrogen (secondary N) is 1. The van der Waals surface area contributed by atoms with Crippen LogP contribution in [0.4, 0.5) is 4.79 Å². The maximum Gasteiger partial charge on any atom is 0.410 e. The molecule has 1 aliphatic rings. The van der Waals surface area contributed by atoms with Crippen molar-refractivity contribution in [1.82, 2.24) is 10.2 Å². The van der Waals surface area contributed by atoms with Gasteiger partial charge in [-0.25, -0.2) is 9.59 Å². The molecule has 1 aromatic carbocycles. The summed E-state index contributed by atoms with van der Waals surface area (Å²) >= 11 is 1.37. The van der Waals surface area contributed by atoms with Crippen molar-refractivity contribution in [3.8, 4) is 5.75 Å². The van der Waals surface area contributed by atoms with Gasteiger partial charge in [-0.3, -0.25) is 9.59 Å². The van der Waals surface area contributed by atoms with E-state index in [0.717, 1.165) is 10.4 Å². The second-order valence-electron chi connectivity index (χ2n) is 10.7. The second-order valence-corrected chi connectivity index (χ2v) is 11.9. The topological polar surface area (TPSA) is 111 Å². The lowest BCUT2D eigenvalue weighted by atomic mass is 10.1. The molecule has 200 valence electrons. The quantitative estimate of drug-likeness (QED) is 0.418. The van der Waals surface area contributed by atoms with Crippen molar-refractivity contribution in [3.63, 3.8) is 0 Å². The monoisotopic (exact) mass is 530 g/mol. The van der Waals surface area contributed by atoms with Gasteiger partial charge in [0.2, 0.25) is 0 Å². The number of hydrogen-bond acceptors (Lipinski definition) is 8. The minimum atomic E-state index is -0.615. The van der Waals surface area contributed by atoms with E-state index in [2.05, 4.69) is 5.32 Å². The summed E-state index contributed by atoms with van der Waals surface area (Å²) in [6, 6.07) is 8.18. The maximum atomic E-state index is 12.7. The summed E-state index contributed by atoms with van der Waals surface area (Å²) in [7, 11) is 0. The third kappa shape index (κ3) is 8.59. The Balaban J connectivity index is 1.53. The van der Waals surface area contributed by atoms with Gasteiger partial charge in [0, 0.05) is 17.0 Å². The van der Waals surface area contributed by atoms with Gasteiger partial charge in [-0.2, -0.15) is 0 Å². The summed E-state index contributed by atoms with van der Waals surface area (Å²) < 4.78 is 16.1. The molecule has 2 amide bonds. The van der Waals surface area contributed by atoms with Gasteiger partial charge in [0.05, 0.1) is 18.0 Å². The fourth-order valence-corrected chi connectivity index (χ4v) is 4.63. The zero-order valence-electron chi connectivity index (χ0n) is 22.1. The number of hydrogen-bond donors (Lipinski definition) is 1. The number of fused-ring (bicyclic) bond motifs is 1. The lowest BCUT2D eigenvalue weighted by Crippen LogP contribution is -2.39. The van der Waals surface area contributed by atoms with Crippen molar-refractivity contribution in [1.29, 1.82) is 0 Å². The smallest absolute Gasteiger partial charge is 0.410 e. The SMILES string of the molecule is CC(C)(C)OC(=O)COc1cccc(C(=O)CNC(=O)c2cc3c(s2)CCN(C(=O)OC(C)(C)C)C3)c1. The molecule has 3 rings (SSSR count). The van der Waals surface area contributed by atoms with Crippen molar-refractivity contribution >= 4 is 35.1 Å². The summed E-state index contributed by atoms with van der Waals surface area (Å²) in [5.74, 6) is -0.810. The van der Waals surface area contributed by atoms with Crippen molar-refractivity contribution in [2.24, 2.45) is 0 Å². The van der Waals surface area contributed by atoms with Crippen LogP contribution in [-0.2, 0) is 27.2 Å². The summed E-state index contributed by atoms with van der Waals surface area (Å²) in [6.07, 6.45) is 0.264. The molecule has 0 saturated carbocycles. The lowest BCUT2D eigenvalue weighted by Gasteiger charge is -2.29. The Morgan fingerprint density at radius 2 is 1.70 bits per heavy atom. The molecule has 1 aromatic heterocycles. The van der Waals surface area contributed by atoms with E-state index in [4.69, 9.17) is 14.2 Å². The van der Waals surface area contributed by atoms with E-state index in [1.807, 2.05) is 20.8 Å². The van der Waals surface area contributed by atoms with Crippen molar-refractivity contribution in [2.45, 2.75) is 65.7 Å². The van der Waals surface area contributed by atoms with Gasteiger partial charge in [-0.15, -0.1) is 11.3 Å². The fourth-order valence-electron chi connectivity index (χ4n) is 3.55. The molecule has 0 atom stereocenters. The van der Waals surface area contributed by atoms with E-state index < -0.39 is 17.2 Å². The number of esters is 1. The molecule has 0 unspecified atom stereocenters. The standard InChI is InChI=1S/C27H34N2O7S/c1-26(2,3)35-23(31)16-34-19-9-7-8-17(12-19)20(30)14-28-24(32)22-13-18-15-29(11-10-21(18)37-22)25(33)36-27(4,5)6/h7-9,12-13H,10-11,14-16H2,1-6H3,(H,28,32). The van der Waals surface area contributed by atoms with Crippen molar-refractivity contribution in [2.75, 3.05) is 19.7 Å². The van der Waals surface area contributed by atoms with E-state index in [0.29, 0.717) is 35.7 Å². The van der Waals surface area contributed by atoms with E-state index in [1.54, 1.807) is 49.9 Å². The largest absolute Gasteiger partial charge is 0.482 e. The van der Waals surface area contributed by atoms with E-state index >= 15 is 0 Å². The Labute approximate surface area is 221 Å². The molecule has 9 nitrogen and oxygen atoms in total. The normalized spacial score (nSPS) is 13.4. The summed E-state index contributed by atoms with van der Waals surface area (Å²) in [4.78, 5) is 52.8. The van der Waals surface area contributed by atoms with E-state index in [1.165, 1.54) is 17.4 Å². The minimum Gasteiger partial charge on any atom is -0.482 e. The van der Waals surface area contributed by atoms with Crippen LogP contribution >= 0.6 is 11.3 Å². The first kappa shape index (κ1) is 28.2. The van der Waals surface area contributed by atoms with Gasteiger partial charge in [0.15, 0.2) is 12.4 Å². The Morgan fingerprint density at radius 3 is 2.38 bits per heavy atom. The van der Waals surface area contributed by atoms with Crippen LogP contribution < -0.4 is 10.1 Å². The van der Waals surface area contributed by atoms with Crippen LogP contribution in [0.3, 0.4) is 0 Å². The molecule has 0 radical (unpaired) electrons. The highest BCUT2D eigenvalue weighted by atomic mass is 32.1. The molecule has 1 N–H and O–H groups in total. The van der Waals surface area contributed by atoms with Gasteiger partial charge < -0.3 is 24.4 Å². The van der Waals surface area contributed by atoms with Gasteiger partial charge in [0.1, 0.15) is 17.0 Å². The molecule has 10 heteroatoms.